The zero-order chi connectivity index (χ0) is 14.5. The van der Waals surface area contributed by atoms with Crippen molar-refractivity contribution in [3.05, 3.63) is 34.6 Å². The molecule has 0 saturated heterocycles. The van der Waals surface area contributed by atoms with Gasteiger partial charge in [-0.2, -0.15) is 0 Å². The molecule has 6 heteroatoms. The van der Waals surface area contributed by atoms with E-state index in [0.717, 1.165) is 10.6 Å². The fourth-order valence-corrected chi connectivity index (χ4v) is 2.28. The van der Waals surface area contributed by atoms with E-state index < -0.39 is 0 Å². The summed E-state index contributed by atoms with van der Waals surface area (Å²) in [6.45, 7) is 1.98. The van der Waals surface area contributed by atoms with Gasteiger partial charge in [0.25, 0.3) is 5.91 Å². The molecular formula is C14H15N3O2S. The van der Waals surface area contributed by atoms with E-state index in [9.17, 15) is 4.79 Å². The number of aliphatic hydroxyl groups excluding tert-OH is 1. The van der Waals surface area contributed by atoms with E-state index in [1.54, 1.807) is 12.3 Å². The van der Waals surface area contributed by atoms with Crippen LogP contribution in [0.3, 0.4) is 0 Å². The van der Waals surface area contributed by atoms with Crippen LogP contribution in [0, 0.1) is 18.8 Å². The first-order chi connectivity index (χ1) is 9.61. The molecule has 0 atom stereocenters. The largest absolute Gasteiger partial charge is 0.395 e. The van der Waals surface area contributed by atoms with Crippen LogP contribution in [0.1, 0.15) is 27.5 Å². The number of carbonyl (C=O) groups excluding carboxylic acids is 1. The lowest BCUT2D eigenvalue weighted by Crippen LogP contribution is -2.15. The van der Waals surface area contributed by atoms with Crippen LogP contribution in [-0.2, 0) is 7.05 Å². The summed E-state index contributed by atoms with van der Waals surface area (Å²) in [6, 6.07) is 3.67. The summed E-state index contributed by atoms with van der Waals surface area (Å²) in [4.78, 5) is 17.0. The molecule has 5 nitrogen and oxygen atoms in total. The maximum absolute atomic E-state index is 12.1. The molecule has 0 spiro atoms. The van der Waals surface area contributed by atoms with Crippen molar-refractivity contribution in [1.82, 2.24) is 9.55 Å². The summed E-state index contributed by atoms with van der Waals surface area (Å²) in [5.41, 5.74) is 1.61. The molecule has 0 radical (unpaired) electrons. The topological polar surface area (TPSA) is 67.2 Å². The number of hydrogen-bond acceptors (Lipinski definition) is 4. The van der Waals surface area contributed by atoms with E-state index >= 15 is 0 Å². The first-order valence-corrected chi connectivity index (χ1v) is 6.92. The van der Waals surface area contributed by atoms with Crippen molar-refractivity contribution in [2.24, 2.45) is 7.05 Å². The molecule has 0 saturated carbocycles. The van der Waals surface area contributed by atoms with E-state index in [1.165, 1.54) is 11.3 Å². The van der Waals surface area contributed by atoms with Crippen LogP contribution >= 0.6 is 11.3 Å². The van der Waals surface area contributed by atoms with Gasteiger partial charge in [-0.25, -0.2) is 4.98 Å². The Labute approximate surface area is 121 Å². The van der Waals surface area contributed by atoms with Crippen LogP contribution < -0.4 is 5.32 Å². The normalized spacial score (nSPS) is 9.95. The average Bonchev–Trinajstić information content (AvgIpc) is 2.99. The molecule has 2 aromatic rings. The Morgan fingerprint density at radius 1 is 1.55 bits per heavy atom. The van der Waals surface area contributed by atoms with Crippen LogP contribution in [0.15, 0.2) is 18.3 Å². The van der Waals surface area contributed by atoms with E-state index in [-0.39, 0.29) is 12.5 Å². The van der Waals surface area contributed by atoms with Gasteiger partial charge in [-0.3, -0.25) is 10.1 Å². The first kappa shape index (κ1) is 14.3. The SMILES string of the molecule is Cc1ccc(C(=O)Nc2ncc(C#CCCO)s2)n1C. The van der Waals surface area contributed by atoms with Crippen molar-refractivity contribution in [2.45, 2.75) is 13.3 Å². The molecule has 0 aromatic carbocycles. The summed E-state index contributed by atoms with van der Waals surface area (Å²) in [7, 11) is 1.85. The number of aryl methyl sites for hydroxylation is 1. The molecular weight excluding hydrogens is 274 g/mol. The van der Waals surface area contributed by atoms with Crippen LogP contribution in [0.2, 0.25) is 0 Å². The Morgan fingerprint density at radius 3 is 3.00 bits per heavy atom. The number of nitrogens with one attached hydrogen (secondary N) is 1. The third-order valence-electron chi connectivity index (χ3n) is 2.78. The predicted molar refractivity (Wildman–Crippen MR) is 78.8 cm³/mol. The quantitative estimate of drug-likeness (QED) is 0.846. The van der Waals surface area contributed by atoms with Crippen molar-refractivity contribution < 1.29 is 9.90 Å². The standard InChI is InChI=1S/C14H15N3O2S/c1-10-6-7-12(17(10)2)13(19)16-14-15-9-11(20-14)5-3-4-8-18/h6-7,9,18H,4,8H2,1-2H3,(H,15,16,19). The fourth-order valence-electron chi connectivity index (χ4n) is 1.60. The third kappa shape index (κ3) is 3.26. The van der Waals surface area contributed by atoms with Gasteiger partial charge >= 0.3 is 0 Å². The molecule has 2 N–H and O–H groups in total. The molecule has 104 valence electrons. The van der Waals surface area contributed by atoms with Crippen molar-refractivity contribution in [1.29, 1.82) is 0 Å². The second-order valence-corrected chi connectivity index (χ2v) is 5.21. The van der Waals surface area contributed by atoms with Crippen molar-refractivity contribution in [2.75, 3.05) is 11.9 Å². The molecule has 0 unspecified atom stereocenters. The smallest absolute Gasteiger partial charge is 0.274 e. The minimum absolute atomic E-state index is 0.0439. The van der Waals surface area contributed by atoms with Gasteiger partial charge in [0.1, 0.15) is 5.69 Å². The number of rotatable bonds is 3. The van der Waals surface area contributed by atoms with Gasteiger partial charge in [0.2, 0.25) is 0 Å². The highest BCUT2D eigenvalue weighted by Crippen LogP contribution is 2.18. The monoisotopic (exact) mass is 289 g/mol. The molecule has 2 rings (SSSR count). The van der Waals surface area contributed by atoms with E-state index in [1.807, 2.05) is 24.6 Å². The lowest BCUT2D eigenvalue weighted by molar-refractivity contribution is 0.101. The van der Waals surface area contributed by atoms with Crippen molar-refractivity contribution >= 4 is 22.4 Å². The molecule has 0 aliphatic rings. The van der Waals surface area contributed by atoms with Crippen LogP contribution in [0.4, 0.5) is 5.13 Å². The minimum atomic E-state index is -0.190. The van der Waals surface area contributed by atoms with Gasteiger partial charge in [-0.1, -0.05) is 23.2 Å². The maximum atomic E-state index is 12.1. The Bertz CT molecular complexity index is 676. The van der Waals surface area contributed by atoms with Gasteiger partial charge in [-0.05, 0) is 19.1 Å². The molecule has 0 bridgehead atoms. The molecule has 0 aliphatic heterocycles. The Morgan fingerprint density at radius 2 is 2.35 bits per heavy atom. The van der Waals surface area contributed by atoms with E-state index in [0.29, 0.717) is 17.2 Å². The third-order valence-corrected chi connectivity index (χ3v) is 3.61. The van der Waals surface area contributed by atoms with Gasteiger partial charge in [0, 0.05) is 19.2 Å². The number of thiazole rings is 1. The van der Waals surface area contributed by atoms with Crippen molar-refractivity contribution in [3.63, 3.8) is 0 Å². The molecule has 1 amide bonds. The minimum Gasteiger partial charge on any atom is -0.395 e. The lowest BCUT2D eigenvalue weighted by atomic mass is 10.4. The Hall–Kier alpha value is -2.10. The van der Waals surface area contributed by atoms with Crippen LogP contribution in [-0.4, -0.2) is 27.2 Å². The van der Waals surface area contributed by atoms with Gasteiger partial charge < -0.3 is 9.67 Å². The fraction of sp³-hybridized carbons (Fsp3) is 0.286. The summed E-state index contributed by atoms with van der Waals surface area (Å²) >= 11 is 1.31. The highest BCUT2D eigenvalue weighted by Gasteiger charge is 2.12. The highest BCUT2D eigenvalue weighted by atomic mass is 32.1. The predicted octanol–water partition coefficient (Wildman–Crippen LogP) is 1.78. The van der Waals surface area contributed by atoms with Crippen LogP contribution in [0.5, 0.6) is 0 Å². The zero-order valence-electron chi connectivity index (χ0n) is 11.3. The molecule has 20 heavy (non-hydrogen) atoms. The summed E-state index contributed by atoms with van der Waals surface area (Å²) in [5.74, 6) is 5.51. The first-order valence-electron chi connectivity index (χ1n) is 6.11. The molecule has 2 heterocycles. The molecule has 0 fully saturated rings. The summed E-state index contributed by atoms with van der Waals surface area (Å²) in [5, 5.41) is 11.9. The highest BCUT2D eigenvalue weighted by molar-refractivity contribution is 7.16. The van der Waals surface area contributed by atoms with Gasteiger partial charge in [0.05, 0.1) is 17.7 Å². The number of carbonyl (C=O) groups is 1. The lowest BCUT2D eigenvalue weighted by Gasteiger charge is -2.04. The number of anilines is 1. The van der Waals surface area contributed by atoms with E-state index in [2.05, 4.69) is 22.1 Å². The summed E-state index contributed by atoms with van der Waals surface area (Å²) in [6.07, 6.45) is 2.04. The Balaban J connectivity index is 2.06. The second kappa shape index (κ2) is 6.37. The number of nitrogens with zero attached hydrogens (tertiary/aromatic N) is 2. The molecule has 0 aliphatic carbocycles. The zero-order valence-corrected chi connectivity index (χ0v) is 12.1. The number of hydrogen-bond donors (Lipinski definition) is 2. The van der Waals surface area contributed by atoms with Crippen molar-refractivity contribution in [3.8, 4) is 11.8 Å². The maximum Gasteiger partial charge on any atom is 0.274 e. The second-order valence-electron chi connectivity index (χ2n) is 4.18. The van der Waals surface area contributed by atoms with Gasteiger partial charge in [-0.15, -0.1) is 0 Å². The molecule has 2 aromatic heterocycles. The number of aromatic nitrogens is 2. The Kier molecular flexibility index (Phi) is 4.56. The average molecular weight is 289 g/mol. The van der Waals surface area contributed by atoms with Crippen LogP contribution in [0.25, 0.3) is 0 Å². The number of amides is 1. The summed E-state index contributed by atoms with van der Waals surface area (Å²) < 4.78 is 1.82. The van der Waals surface area contributed by atoms with Gasteiger partial charge in [0.15, 0.2) is 5.13 Å². The number of aliphatic hydroxyl groups is 1. The van der Waals surface area contributed by atoms with E-state index in [4.69, 9.17) is 5.11 Å².